The van der Waals surface area contributed by atoms with Crippen molar-refractivity contribution in [1.29, 1.82) is 0 Å². The van der Waals surface area contributed by atoms with Crippen LogP contribution in [0, 0.1) is 56.2 Å². The molecule has 47 heavy (non-hydrogen) atoms. The number of allylic oxidation sites excluding steroid dienone is 2. The third-order valence-corrected chi connectivity index (χ3v) is 15.1. The number of ether oxygens (including phenoxy) is 2. The smallest absolute Gasteiger partial charge is 0.328 e. The van der Waals surface area contributed by atoms with Crippen LogP contribution in [0.15, 0.2) is 11.6 Å². The number of aliphatic carboxylic acids is 1. The lowest BCUT2D eigenvalue weighted by molar-refractivity contribution is -0.195. The standard InChI is InChI=1S/C38H57NO8/c1-33(2)22(30(42)39-25(31(43)47-9)10-11-28(41)46-8)12-14-36(5)27(33)13-15-38(7)29(36)26(40)20-23-24-21-35(4,32(44)45)17-16-34(24,3)18-19-37(23,38)6/h20,22,24-25,27,29H,10-19,21H2,1-9H3,(H,39,42)(H,44,45)/t22-,24?,25+,27+,29-,34?,35+,36+,37-,38-/m1/s1. The summed E-state index contributed by atoms with van der Waals surface area (Å²) in [5.41, 5.74) is -0.883. The number of amides is 1. The van der Waals surface area contributed by atoms with Gasteiger partial charge < -0.3 is 19.9 Å². The predicted molar refractivity (Wildman–Crippen MR) is 176 cm³/mol. The van der Waals surface area contributed by atoms with E-state index in [2.05, 4.69) is 46.9 Å². The van der Waals surface area contributed by atoms with Gasteiger partial charge in [0.25, 0.3) is 0 Å². The molecule has 5 aliphatic carbocycles. The van der Waals surface area contributed by atoms with E-state index in [4.69, 9.17) is 9.47 Å². The van der Waals surface area contributed by atoms with Gasteiger partial charge in [-0.05, 0) is 116 Å². The van der Waals surface area contributed by atoms with Crippen molar-refractivity contribution < 1.29 is 38.6 Å². The van der Waals surface area contributed by atoms with Crippen molar-refractivity contribution in [3.05, 3.63) is 11.6 Å². The highest BCUT2D eigenvalue weighted by molar-refractivity contribution is 5.96. The molecule has 10 atom stereocenters. The summed E-state index contributed by atoms with van der Waals surface area (Å²) in [5, 5.41) is 13.1. The van der Waals surface area contributed by atoms with E-state index in [1.54, 1.807) is 0 Å². The monoisotopic (exact) mass is 655 g/mol. The van der Waals surface area contributed by atoms with Crippen LogP contribution in [0.4, 0.5) is 0 Å². The number of carboxylic acid groups (broad SMARTS) is 1. The minimum atomic E-state index is -0.950. The summed E-state index contributed by atoms with van der Waals surface area (Å²) in [6.07, 6.45) is 9.21. The molecule has 262 valence electrons. The summed E-state index contributed by atoms with van der Waals surface area (Å²) in [5.74, 6) is -2.25. The second kappa shape index (κ2) is 11.7. The van der Waals surface area contributed by atoms with E-state index >= 15 is 0 Å². The number of methoxy groups -OCH3 is 2. The Bertz CT molecular complexity index is 1390. The average molecular weight is 656 g/mol. The molecule has 2 N–H and O–H groups in total. The van der Waals surface area contributed by atoms with Gasteiger partial charge in [0.05, 0.1) is 19.6 Å². The second-order valence-electron chi connectivity index (χ2n) is 17.7. The second-order valence-corrected chi connectivity index (χ2v) is 17.7. The first-order valence-electron chi connectivity index (χ1n) is 17.7. The van der Waals surface area contributed by atoms with Gasteiger partial charge in [-0.1, -0.05) is 47.1 Å². The molecule has 2 unspecified atom stereocenters. The largest absolute Gasteiger partial charge is 0.481 e. The molecular formula is C38H57NO8. The number of hydrogen-bond acceptors (Lipinski definition) is 7. The molecule has 9 nitrogen and oxygen atoms in total. The van der Waals surface area contributed by atoms with Gasteiger partial charge >= 0.3 is 17.9 Å². The van der Waals surface area contributed by atoms with Crippen molar-refractivity contribution >= 4 is 29.6 Å². The highest BCUT2D eigenvalue weighted by Gasteiger charge is 2.70. The lowest BCUT2D eigenvalue weighted by Crippen LogP contribution is -2.66. The van der Waals surface area contributed by atoms with Gasteiger partial charge in [-0.3, -0.25) is 19.2 Å². The lowest BCUT2D eigenvalue weighted by Gasteiger charge is -2.70. The summed E-state index contributed by atoms with van der Waals surface area (Å²) in [7, 11) is 2.55. The normalized spacial score (nSPS) is 42.7. The molecular weight excluding hydrogens is 598 g/mol. The maximum absolute atomic E-state index is 14.6. The Balaban J connectivity index is 1.45. The molecule has 0 radical (unpaired) electrons. The summed E-state index contributed by atoms with van der Waals surface area (Å²) < 4.78 is 9.67. The third-order valence-electron chi connectivity index (χ3n) is 15.1. The minimum Gasteiger partial charge on any atom is -0.481 e. The molecule has 0 aliphatic heterocycles. The van der Waals surface area contributed by atoms with E-state index in [1.165, 1.54) is 19.8 Å². The fourth-order valence-corrected chi connectivity index (χ4v) is 11.9. The molecule has 9 heteroatoms. The molecule has 0 aromatic rings. The fraction of sp³-hybridized carbons (Fsp3) is 0.816. The first kappa shape index (κ1) is 35.6. The molecule has 0 aromatic heterocycles. The van der Waals surface area contributed by atoms with Crippen LogP contribution < -0.4 is 5.32 Å². The van der Waals surface area contributed by atoms with E-state index < -0.39 is 34.8 Å². The zero-order chi connectivity index (χ0) is 35.0. The van der Waals surface area contributed by atoms with Crippen molar-refractivity contribution in [3.63, 3.8) is 0 Å². The number of carboxylic acids is 1. The maximum Gasteiger partial charge on any atom is 0.328 e. The van der Waals surface area contributed by atoms with Crippen LogP contribution in [0.2, 0.25) is 0 Å². The summed E-state index contributed by atoms with van der Waals surface area (Å²) >= 11 is 0. The Morgan fingerprint density at radius 1 is 0.915 bits per heavy atom. The van der Waals surface area contributed by atoms with Gasteiger partial charge in [0.15, 0.2) is 5.78 Å². The average Bonchev–Trinajstić information content (AvgIpc) is 2.99. The van der Waals surface area contributed by atoms with E-state index in [1.807, 2.05) is 13.0 Å². The molecule has 0 spiro atoms. The first-order valence-corrected chi connectivity index (χ1v) is 17.7. The van der Waals surface area contributed by atoms with Crippen LogP contribution in [0.3, 0.4) is 0 Å². The molecule has 1 amide bonds. The summed E-state index contributed by atoms with van der Waals surface area (Å²) in [6.45, 7) is 15.4. The Morgan fingerprint density at radius 3 is 2.19 bits per heavy atom. The van der Waals surface area contributed by atoms with Crippen LogP contribution in [0.5, 0.6) is 0 Å². The maximum atomic E-state index is 14.6. The van der Waals surface area contributed by atoms with Crippen molar-refractivity contribution in [2.75, 3.05) is 14.2 Å². The summed E-state index contributed by atoms with van der Waals surface area (Å²) in [4.78, 5) is 65.3. The van der Waals surface area contributed by atoms with Gasteiger partial charge in [-0.25, -0.2) is 4.79 Å². The number of ketones is 1. The van der Waals surface area contributed by atoms with Gasteiger partial charge in [0.1, 0.15) is 6.04 Å². The number of nitrogens with one attached hydrogen (secondary N) is 1. The Labute approximate surface area is 280 Å². The Hall–Kier alpha value is -2.71. The zero-order valence-corrected chi connectivity index (χ0v) is 30.0. The van der Waals surface area contributed by atoms with E-state index in [-0.39, 0.29) is 69.9 Å². The number of rotatable bonds is 7. The van der Waals surface area contributed by atoms with Crippen LogP contribution in [-0.2, 0) is 33.4 Å². The third kappa shape index (κ3) is 5.27. The predicted octanol–water partition coefficient (Wildman–Crippen LogP) is 6.28. The Morgan fingerprint density at radius 2 is 1.57 bits per heavy atom. The van der Waals surface area contributed by atoms with E-state index in [0.717, 1.165) is 32.1 Å². The van der Waals surface area contributed by atoms with Gasteiger partial charge in [-0.2, -0.15) is 0 Å². The SMILES string of the molecule is COC(=O)CC[C@H](NC(=O)[C@H]1CC[C@]2(C)[C@H]3C(=O)C=C4C5C[C@@](C)(C(=O)O)CCC5(C)CC[C@@]4(C)[C@]3(C)CC[C@H]2C1(C)C)C(=O)OC. The van der Waals surface area contributed by atoms with Crippen LogP contribution >= 0.6 is 0 Å². The molecule has 0 aromatic carbocycles. The summed E-state index contributed by atoms with van der Waals surface area (Å²) in [6, 6.07) is -0.950. The molecule has 4 saturated carbocycles. The van der Waals surface area contributed by atoms with Crippen LogP contribution in [0.25, 0.3) is 0 Å². The van der Waals surface area contributed by atoms with E-state index in [0.29, 0.717) is 25.7 Å². The highest BCUT2D eigenvalue weighted by atomic mass is 16.5. The first-order chi connectivity index (χ1) is 21.7. The quantitative estimate of drug-likeness (QED) is 0.306. The van der Waals surface area contributed by atoms with Crippen LogP contribution in [0.1, 0.15) is 119 Å². The van der Waals surface area contributed by atoms with Gasteiger partial charge in [-0.15, -0.1) is 0 Å². The molecule has 0 saturated heterocycles. The fourth-order valence-electron chi connectivity index (χ4n) is 11.9. The number of esters is 2. The number of carbonyl (C=O) groups excluding carboxylic acids is 4. The number of carbonyl (C=O) groups is 5. The Kier molecular flexibility index (Phi) is 8.87. The molecule has 5 rings (SSSR count). The van der Waals surface area contributed by atoms with Crippen molar-refractivity contribution in [1.82, 2.24) is 5.32 Å². The highest BCUT2D eigenvalue weighted by Crippen LogP contribution is 2.75. The van der Waals surface area contributed by atoms with Crippen molar-refractivity contribution in [3.8, 4) is 0 Å². The number of hydrogen-bond donors (Lipinski definition) is 2. The number of fused-ring (bicyclic) bond motifs is 7. The zero-order valence-electron chi connectivity index (χ0n) is 30.0. The topological polar surface area (TPSA) is 136 Å². The van der Waals surface area contributed by atoms with Crippen molar-refractivity contribution in [2.45, 2.75) is 125 Å². The van der Waals surface area contributed by atoms with Crippen LogP contribution in [-0.4, -0.2) is 55.0 Å². The minimum absolute atomic E-state index is 0.00277. The van der Waals surface area contributed by atoms with Crippen molar-refractivity contribution in [2.24, 2.45) is 56.2 Å². The molecule has 4 fully saturated rings. The molecule has 0 heterocycles. The van der Waals surface area contributed by atoms with E-state index in [9.17, 15) is 29.1 Å². The lowest BCUT2D eigenvalue weighted by atomic mass is 9.33. The molecule has 0 bridgehead atoms. The van der Waals surface area contributed by atoms with Gasteiger partial charge in [0, 0.05) is 18.3 Å². The van der Waals surface area contributed by atoms with Gasteiger partial charge in [0.2, 0.25) is 5.91 Å². The molecule has 5 aliphatic rings.